The van der Waals surface area contributed by atoms with Crippen LogP contribution in [0.2, 0.25) is 0 Å². The first kappa shape index (κ1) is 40.5. The van der Waals surface area contributed by atoms with Crippen molar-refractivity contribution < 1.29 is 13.3 Å². The number of furan rings is 3. The van der Waals surface area contributed by atoms with Crippen LogP contribution in [-0.4, -0.2) is 18.4 Å². The summed E-state index contributed by atoms with van der Waals surface area (Å²) in [6, 6.07) is 61.5. The Morgan fingerprint density at radius 1 is 0.538 bits per heavy atom. The largest absolute Gasteiger partial charge is 0.457 e. The molecule has 0 radical (unpaired) electrons. The van der Waals surface area contributed by atoms with Gasteiger partial charge in [0, 0.05) is 54.4 Å². The predicted octanol–water partition coefficient (Wildman–Crippen LogP) is 14.5. The highest BCUT2D eigenvalue weighted by Gasteiger charge is 2.19. The quantitative estimate of drug-likeness (QED) is 0.134. The normalized spacial score (nSPS) is 12.3. The average Bonchev–Trinajstić information content (AvgIpc) is 4.04. The predicted molar refractivity (Wildman–Crippen MR) is 272 cm³/mol. The van der Waals surface area contributed by atoms with Crippen molar-refractivity contribution >= 4 is 85.4 Å². The fourth-order valence-corrected chi connectivity index (χ4v) is 8.62. The van der Waals surface area contributed by atoms with Crippen molar-refractivity contribution in [3.8, 4) is 33.4 Å². The fourth-order valence-electron chi connectivity index (χ4n) is 8.62. The standard InChI is InChI=1S/C40H29N3O2.C19H14O/c1-4-13-32(39(41)43-40(42-3)27-16-9-6-10-17-27)36-25(2)44-35-23-20-28(24-33(35)36)29-21-22-30(26-14-7-5-8-15-26)38-37(29)31-18-11-12-19-34(31)45-38;1-13-9-11-14(12-10-13)15-6-4-7-17-16-5-2-3-8-18(16)20-19(15)17/h4-24,41H,2-3H2,1H3;2-12H,1H3/b13-4-,36-32-,41-39?,43-40?;. The molecule has 0 saturated carbocycles. The molecule has 8 aromatic carbocycles. The van der Waals surface area contributed by atoms with Gasteiger partial charge >= 0.3 is 0 Å². The van der Waals surface area contributed by atoms with Gasteiger partial charge in [-0.05, 0) is 73.2 Å². The Hall–Kier alpha value is -8.61. The lowest BCUT2D eigenvalue weighted by atomic mass is 9.94. The van der Waals surface area contributed by atoms with Crippen molar-refractivity contribution in [2.24, 2.45) is 9.98 Å². The molecule has 0 aliphatic carbocycles. The molecule has 312 valence electrons. The van der Waals surface area contributed by atoms with Gasteiger partial charge in [0.2, 0.25) is 0 Å². The van der Waals surface area contributed by atoms with Crippen molar-refractivity contribution in [2.75, 3.05) is 0 Å². The van der Waals surface area contributed by atoms with Crippen LogP contribution >= 0.6 is 0 Å². The summed E-state index contributed by atoms with van der Waals surface area (Å²) in [6.45, 7) is 11.9. The van der Waals surface area contributed by atoms with Crippen molar-refractivity contribution in [2.45, 2.75) is 13.8 Å². The van der Waals surface area contributed by atoms with Gasteiger partial charge in [0.05, 0.1) is 0 Å². The summed E-state index contributed by atoms with van der Waals surface area (Å²) < 4.78 is 18.7. The third-order valence-corrected chi connectivity index (χ3v) is 11.7. The zero-order valence-electron chi connectivity index (χ0n) is 36.0. The Bertz CT molecular complexity index is 3780. The number of aryl methyl sites for hydroxylation is 1. The lowest BCUT2D eigenvalue weighted by Crippen LogP contribution is -2.24. The topological polar surface area (TPSA) is 88.0 Å². The van der Waals surface area contributed by atoms with E-state index < -0.39 is 0 Å². The van der Waals surface area contributed by atoms with Crippen LogP contribution in [0.4, 0.5) is 0 Å². The Labute approximate surface area is 375 Å². The monoisotopic (exact) mass is 841 g/mol. The van der Waals surface area contributed by atoms with Crippen LogP contribution < -0.4 is 10.6 Å². The first-order chi connectivity index (χ1) is 31.9. The molecule has 0 amide bonds. The van der Waals surface area contributed by atoms with Crippen LogP contribution in [0, 0.1) is 12.3 Å². The number of hydrogen-bond acceptors (Lipinski definition) is 4. The van der Waals surface area contributed by atoms with Gasteiger partial charge in [-0.2, -0.15) is 0 Å². The lowest BCUT2D eigenvalue weighted by molar-refractivity contribution is 0.577. The number of nitrogens with one attached hydrogen (secondary N) is 1. The van der Waals surface area contributed by atoms with E-state index in [1.807, 2.05) is 104 Å². The highest BCUT2D eigenvalue weighted by molar-refractivity contribution is 6.25. The average molecular weight is 842 g/mol. The van der Waals surface area contributed by atoms with Crippen LogP contribution in [0.25, 0.3) is 100 Å². The van der Waals surface area contributed by atoms with E-state index in [9.17, 15) is 0 Å². The van der Waals surface area contributed by atoms with E-state index in [0.29, 0.717) is 27.6 Å². The molecule has 3 heterocycles. The summed E-state index contributed by atoms with van der Waals surface area (Å²) in [5.41, 5.74) is 13.9. The van der Waals surface area contributed by atoms with E-state index in [4.69, 9.17) is 18.7 Å². The Kier molecular flexibility index (Phi) is 10.8. The number of hydrogen-bond donors (Lipinski definition) is 1. The molecule has 6 heteroatoms. The van der Waals surface area contributed by atoms with Crippen LogP contribution in [0.1, 0.15) is 18.1 Å². The molecular formula is C59H43N3O3. The first-order valence-electron chi connectivity index (χ1n) is 21.5. The van der Waals surface area contributed by atoms with Crippen LogP contribution in [0.5, 0.6) is 0 Å². The zero-order valence-corrected chi connectivity index (χ0v) is 36.0. The molecule has 0 saturated heterocycles. The highest BCUT2D eigenvalue weighted by Crippen LogP contribution is 2.42. The van der Waals surface area contributed by atoms with Gasteiger partial charge in [-0.3, -0.25) is 5.41 Å². The molecule has 6 nitrogen and oxygen atoms in total. The number of benzene rings is 8. The summed E-state index contributed by atoms with van der Waals surface area (Å²) in [4.78, 5) is 8.69. The second kappa shape index (κ2) is 17.3. The number of fused-ring (bicyclic) bond motifs is 7. The molecule has 11 aromatic rings. The van der Waals surface area contributed by atoms with E-state index in [1.54, 1.807) is 0 Å². The third-order valence-electron chi connectivity index (χ3n) is 11.7. The third kappa shape index (κ3) is 7.57. The summed E-state index contributed by atoms with van der Waals surface area (Å²) in [5, 5.41) is 15.0. The number of aliphatic imine (C=N–C) groups is 2. The molecule has 0 spiro atoms. The summed E-state index contributed by atoms with van der Waals surface area (Å²) in [5.74, 6) is 0.405. The SMILES string of the molecule is C=NC(=NC(=N)C(/C=C\C)=c1/c(=C)oc2ccc(-c3ccc(-c4ccccc4)c4oc5ccccc5c34)cc12)c1ccccc1.Cc1ccc(-c2cccc3c2oc2ccccc23)cc1. The Morgan fingerprint density at radius 2 is 1.12 bits per heavy atom. The highest BCUT2D eigenvalue weighted by atomic mass is 16.3. The van der Waals surface area contributed by atoms with E-state index >= 15 is 0 Å². The molecule has 11 rings (SSSR count). The number of para-hydroxylation sites is 3. The van der Waals surface area contributed by atoms with Gasteiger partial charge in [-0.15, -0.1) is 0 Å². The van der Waals surface area contributed by atoms with Gasteiger partial charge in [0.25, 0.3) is 0 Å². The van der Waals surface area contributed by atoms with Gasteiger partial charge in [-0.1, -0.05) is 176 Å². The van der Waals surface area contributed by atoms with Gasteiger partial charge in [0.1, 0.15) is 33.3 Å². The molecule has 1 N–H and O–H groups in total. The minimum atomic E-state index is 0.0350. The first-order valence-corrected chi connectivity index (χ1v) is 21.5. The summed E-state index contributed by atoms with van der Waals surface area (Å²) in [6.07, 6.45) is 3.74. The molecule has 0 bridgehead atoms. The second-order valence-corrected chi connectivity index (χ2v) is 15.8. The van der Waals surface area contributed by atoms with Crippen LogP contribution in [0.3, 0.4) is 0 Å². The second-order valence-electron chi connectivity index (χ2n) is 15.8. The number of rotatable bonds is 6. The van der Waals surface area contributed by atoms with Crippen molar-refractivity contribution in [1.29, 1.82) is 5.41 Å². The molecule has 0 aliphatic rings. The number of allylic oxidation sites excluding steroid dienone is 1. The summed E-state index contributed by atoms with van der Waals surface area (Å²) >= 11 is 0. The molecule has 0 atom stereocenters. The van der Waals surface area contributed by atoms with Gasteiger partial charge < -0.3 is 13.3 Å². The Morgan fingerprint density at radius 3 is 1.86 bits per heavy atom. The van der Waals surface area contributed by atoms with Crippen LogP contribution in [-0.2, 0) is 0 Å². The van der Waals surface area contributed by atoms with E-state index in [1.165, 1.54) is 21.9 Å². The van der Waals surface area contributed by atoms with E-state index in [2.05, 4.69) is 127 Å². The maximum absolute atomic E-state index is 9.04. The molecular weight excluding hydrogens is 799 g/mol. The minimum absolute atomic E-state index is 0.0350. The summed E-state index contributed by atoms with van der Waals surface area (Å²) in [7, 11) is 0. The van der Waals surface area contributed by atoms with Crippen LogP contribution in [0.15, 0.2) is 217 Å². The molecule has 0 fully saturated rings. The number of nitrogens with zero attached hydrogens (tertiary/aromatic N) is 2. The maximum Gasteiger partial charge on any atom is 0.161 e. The number of amidine groups is 2. The maximum atomic E-state index is 9.04. The van der Waals surface area contributed by atoms with Crippen molar-refractivity contribution in [1.82, 2.24) is 0 Å². The fraction of sp³-hybridized carbons (Fsp3) is 0.0339. The van der Waals surface area contributed by atoms with Gasteiger partial charge in [0.15, 0.2) is 11.7 Å². The zero-order chi connectivity index (χ0) is 44.4. The minimum Gasteiger partial charge on any atom is -0.457 e. The smallest absolute Gasteiger partial charge is 0.161 e. The molecule has 0 aliphatic heterocycles. The lowest BCUT2D eigenvalue weighted by Gasteiger charge is -2.09. The molecule has 3 aromatic heterocycles. The van der Waals surface area contributed by atoms with E-state index in [0.717, 1.165) is 71.9 Å². The van der Waals surface area contributed by atoms with Crippen molar-refractivity contribution in [3.05, 3.63) is 216 Å². The molecule has 65 heavy (non-hydrogen) atoms. The van der Waals surface area contributed by atoms with Crippen molar-refractivity contribution in [3.63, 3.8) is 0 Å². The Balaban J connectivity index is 0.000000206. The van der Waals surface area contributed by atoms with Gasteiger partial charge in [-0.25, -0.2) is 9.98 Å². The molecule has 0 unspecified atom stereocenters. The van der Waals surface area contributed by atoms with E-state index in [-0.39, 0.29) is 5.84 Å².